The number of hydrogen-bond donors (Lipinski definition) is 2. The highest BCUT2D eigenvalue weighted by molar-refractivity contribution is 6.00. The molecule has 0 radical (unpaired) electrons. The molecule has 0 bridgehead atoms. The topological polar surface area (TPSA) is 106 Å². The molecule has 9 nitrogen and oxygen atoms in total. The van der Waals surface area contributed by atoms with Gasteiger partial charge >= 0.3 is 0 Å². The average molecular weight is 397 g/mol. The Hall–Kier alpha value is -3.04. The summed E-state index contributed by atoms with van der Waals surface area (Å²) in [4.78, 5) is 32.6. The summed E-state index contributed by atoms with van der Waals surface area (Å²) in [5.74, 6) is 0.00784. The van der Waals surface area contributed by atoms with Crippen LogP contribution in [-0.4, -0.2) is 59.6 Å². The molecule has 152 valence electrons. The molecule has 0 unspecified atom stereocenters. The van der Waals surface area contributed by atoms with E-state index in [1.54, 1.807) is 29.0 Å². The fourth-order valence-electron chi connectivity index (χ4n) is 3.63. The van der Waals surface area contributed by atoms with Crippen molar-refractivity contribution in [2.75, 3.05) is 45.1 Å². The fraction of sp³-hybridized carbons (Fsp3) is 0.400. The van der Waals surface area contributed by atoms with Gasteiger partial charge in [-0.15, -0.1) is 0 Å². The number of carbonyl (C=O) groups is 1. The normalized spacial score (nSPS) is 15.1. The molecule has 0 saturated carbocycles. The molecule has 0 atom stereocenters. The van der Waals surface area contributed by atoms with E-state index in [2.05, 4.69) is 15.2 Å². The maximum Gasteiger partial charge on any atom is 0.278 e. The zero-order valence-corrected chi connectivity index (χ0v) is 16.4. The highest BCUT2D eigenvalue weighted by Gasteiger charge is 2.24. The van der Waals surface area contributed by atoms with Crippen LogP contribution in [-0.2, 0) is 11.3 Å². The number of nitrogens with one attached hydrogen (secondary N) is 1. The molecule has 1 aliphatic rings. The summed E-state index contributed by atoms with van der Waals surface area (Å²) in [6.07, 6.45) is 1.67. The largest absolute Gasteiger partial charge is 0.379 e. The summed E-state index contributed by atoms with van der Waals surface area (Å²) >= 11 is 0. The van der Waals surface area contributed by atoms with E-state index in [0.717, 1.165) is 19.6 Å². The van der Waals surface area contributed by atoms with Gasteiger partial charge in [0.2, 0.25) is 11.5 Å². The van der Waals surface area contributed by atoms with Crippen LogP contribution >= 0.6 is 0 Å². The van der Waals surface area contributed by atoms with Gasteiger partial charge in [-0.3, -0.25) is 18.9 Å². The van der Waals surface area contributed by atoms with Gasteiger partial charge in [-0.2, -0.15) is 0 Å². The molecule has 1 aliphatic heterocycles. The van der Waals surface area contributed by atoms with Crippen LogP contribution in [0.2, 0.25) is 0 Å². The van der Waals surface area contributed by atoms with Crippen LogP contribution in [0.25, 0.3) is 16.7 Å². The highest BCUT2D eigenvalue weighted by Crippen LogP contribution is 2.14. The van der Waals surface area contributed by atoms with Crippen LogP contribution in [0.4, 0.5) is 5.82 Å². The summed E-state index contributed by atoms with van der Waals surface area (Å²) in [5.41, 5.74) is 7.49. The molecule has 0 spiro atoms. The maximum absolute atomic E-state index is 13.1. The Morgan fingerprint density at radius 3 is 2.90 bits per heavy atom. The van der Waals surface area contributed by atoms with Gasteiger partial charge in [0.15, 0.2) is 0 Å². The number of ether oxygens (including phenoxy) is 1. The van der Waals surface area contributed by atoms with Crippen molar-refractivity contribution in [2.45, 2.75) is 13.5 Å². The van der Waals surface area contributed by atoms with Crippen LogP contribution in [0, 0.1) is 0 Å². The predicted molar refractivity (Wildman–Crippen MR) is 109 cm³/mol. The third-order valence-electron chi connectivity index (χ3n) is 5.19. The first kappa shape index (κ1) is 19.3. The summed E-state index contributed by atoms with van der Waals surface area (Å²) in [5, 5.41) is 3.13. The minimum Gasteiger partial charge on any atom is -0.379 e. The van der Waals surface area contributed by atoms with E-state index in [1.165, 1.54) is 4.40 Å². The lowest BCUT2D eigenvalue weighted by Gasteiger charge is -2.26. The molecule has 3 aromatic heterocycles. The molecule has 1 saturated heterocycles. The van der Waals surface area contributed by atoms with E-state index in [1.807, 2.05) is 13.0 Å². The second-order valence-corrected chi connectivity index (χ2v) is 6.99. The Bertz CT molecular complexity index is 1120. The van der Waals surface area contributed by atoms with Crippen LogP contribution < -0.4 is 21.2 Å². The van der Waals surface area contributed by atoms with Gasteiger partial charge in [0, 0.05) is 32.4 Å². The van der Waals surface area contributed by atoms with Crippen LogP contribution in [0.1, 0.15) is 17.3 Å². The van der Waals surface area contributed by atoms with Gasteiger partial charge < -0.3 is 15.8 Å². The SMILES string of the molecule is CCNC(=O)c1cc2c(=O)n3ccccc3nc2[n+](CCN2CCOCC2)c1N. The highest BCUT2D eigenvalue weighted by atomic mass is 16.5. The summed E-state index contributed by atoms with van der Waals surface area (Å²) in [7, 11) is 0. The first-order valence-corrected chi connectivity index (χ1v) is 9.82. The van der Waals surface area contributed by atoms with E-state index >= 15 is 0 Å². The number of nitrogens with zero attached hydrogens (tertiary/aromatic N) is 4. The van der Waals surface area contributed by atoms with E-state index in [-0.39, 0.29) is 17.0 Å². The van der Waals surface area contributed by atoms with Crippen molar-refractivity contribution in [1.82, 2.24) is 19.6 Å². The number of nitrogens with two attached hydrogens (primary N) is 1. The third-order valence-corrected chi connectivity index (χ3v) is 5.19. The first-order chi connectivity index (χ1) is 14.1. The predicted octanol–water partition coefficient (Wildman–Crippen LogP) is -0.201. The molecule has 4 heterocycles. The summed E-state index contributed by atoms with van der Waals surface area (Å²) in [6.45, 7) is 6.63. The molecule has 0 aliphatic carbocycles. The third kappa shape index (κ3) is 3.66. The number of hydrogen-bond acceptors (Lipinski definition) is 6. The molecule has 4 rings (SSSR count). The lowest BCUT2D eigenvalue weighted by atomic mass is 10.1. The zero-order valence-electron chi connectivity index (χ0n) is 16.4. The van der Waals surface area contributed by atoms with Crippen molar-refractivity contribution in [2.24, 2.45) is 0 Å². The van der Waals surface area contributed by atoms with E-state index in [4.69, 9.17) is 10.5 Å². The Kier molecular flexibility index (Phi) is 5.41. The van der Waals surface area contributed by atoms with Gasteiger partial charge in [0.05, 0.1) is 19.8 Å². The molecule has 0 aromatic carbocycles. The van der Waals surface area contributed by atoms with Gasteiger partial charge in [-0.05, 0) is 25.1 Å². The first-order valence-electron chi connectivity index (χ1n) is 9.82. The lowest BCUT2D eigenvalue weighted by Crippen LogP contribution is -2.48. The second kappa shape index (κ2) is 8.14. The molecular formula is C20H25N6O3+. The molecule has 3 aromatic rings. The number of anilines is 1. The van der Waals surface area contributed by atoms with Crippen molar-refractivity contribution in [1.29, 1.82) is 0 Å². The lowest BCUT2D eigenvalue weighted by molar-refractivity contribution is -0.658. The zero-order chi connectivity index (χ0) is 20.4. The van der Waals surface area contributed by atoms with Crippen molar-refractivity contribution in [3.63, 3.8) is 0 Å². The molecule has 29 heavy (non-hydrogen) atoms. The minimum atomic E-state index is -0.301. The summed E-state index contributed by atoms with van der Waals surface area (Å²) in [6, 6.07) is 6.94. The standard InChI is InChI=1S/C20H24N6O3/c1-2-22-19(27)14-13-15-18(23-16-5-3-4-6-25(16)20(15)28)26(17(14)21)8-7-24-9-11-29-12-10-24/h3-6,13,21H,2,7-12H2,1H3,(H,22,27)/p+1. The Morgan fingerprint density at radius 2 is 2.14 bits per heavy atom. The number of carbonyl (C=O) groups excluding carboxylic acids is 1. The van der Waals surface area contributed by atoms with Crippen molar-refractivity contribution < 1.29 is 14.1 Å². The number of rotatable bonds is 5. The molecule has 3 N–H and O–H groups in total. The van der Waals surface area contributed by atoms with Crippen LogP contribution in [0.15, 0.2) is 35.3 Å². The van der Waals surface area contributed by atoms with Crippen molar-refractivity contribution >= 4 is 28.4 Å². The van der Waals surface area contributed by atoms with Crippen molar-refractivity contribution in [3.8, 4) is 0 Å². The smallest absolute Gasteiger partial charge is 0.278 e. The van der Waals surface area contributed by atoms with Crippen LogP contribution in [0.5, 0.6) is 0 Å². The number of morpholine rings is 1. The Morgan fingerprint density at radius 1 is 1.34 bits per heavy atom. The average Bonchev–Trinajstić information content (AvgIpc) is 2.74. The number of amides is 1. The fourth-order valence-corrected chi connectivity index (χ4v) is 3.63. The Balaban J connectivity index is 1.88. The van der Waals surface area contributed by atoms with Gasteiger partial charge in [-0.1, -0.05) is 11.1 Å². The monoisotopic (exact) mass is 397 g/mol. The molecule has 1 amide bonds. The van der Waals surface area contributed by atoms with Crippen LogP contribution in [0.3, 0.4) is 0 Å². The van der Waals surface area contributed by atoms with E-state index in [0.29, 0.717) is 48.8 Å². The Labute approximate surface area is 167 Å². The number of pyridine rings is 2. The second-order valence-electron chi connectivity index (χ2n) is 6.99. The van der Waals surface area contributed by atoms with E-state index in [9.17, 15) is 9.59 Å². The van der Waals surface area contributed by atoms with Gasteiger partial charge in [-0.25, -0.2) is 4.57 Å². The summed E-state index contributed by atoms with van der Waals surface area (Å²) < 4.78 is 8.66. The molecular weight excluding hydrogens is 372 g/mol. The molecule has 9 heteroatoms. The number of aromatic nitrogens is 3. The quantitative estimate of drug-likeness (QED) is 0.456. The number of nitrogen functional groups attached to an aromatic ring is 1. The van der Waals surface area contributed by atoms with Gasteiger partial charge in [0.25, 0.3) is 17.1 Å². The number of fused-ring (bicyclic) bond motifs is 2. The van der Waals surface area contributed by atoms with E-state index < -0.39 is 0 Å². The maximum atomic E-state index is 13.1. The van der Waals surface area contributed by atoms with Crippen molar-refractivity contribution in [3.05, 3.63) is 46.4 Å². The molecule has 1 fully saturated rings. The minimum absolute atomic E-state index is 0.226. The van der Waals surface area contributed by atoms with Gasteiger partial charge in [0.1, 0.15) is 10.9 Å².